The van der Waals surface area contributed by atoms with E-state index in [0.29, 0.717) is 18.4 Å². The monoisotopic (exact) mass is 355 g/mol. The van der Waals surface area contributed by atoms with Crippen LogP contribution in [0.5, 0.6) is 0 Å². The van der Waals surface area contributed by atoms with Gasteiger partial charge in [0.2, 0.25) is 0 Å². The predicted octanol–water partition coefficient (Wildman–Crippen LogP) is 3.70. The summed E-state index contributed by atoms with van der Waals surface area (Å²) in [6.45, 7) is 5.60. The van der Waals surface area contributed by atoms with Gasteiger partial charge in [-0.1, -0.05) is 0 Å². The molecule has 3 heterocycles. The third-order valence-corrected chi connectivity index (χ3v) is 5.11. The number of nitriles is 1. The maximum atomic E-state index is 12.9. The van der Waals surface area contributed by atoms with Gasteiger partial charge in [-0.3, -0.25) is 4.79 Å². The molecule has 1 aromatic heterocycles. The molecule has 2 fully saturated rings. The third-order valence-electron chi connectivity index (χ3n) is 5.11. The summed E-state index contributed by atoms with van der Waals surface area (Å²) in [4.78, 5) is 31.4. The molecule has 2 atom stereocenters. The average Bonchev–Trinajstić information content (AvgIpc) is 2.58. The van der Waals surface area contributed by atoms with E-state index in [1.165, 1.54) is 6.20 Å². The first-order chi connectivity index (χ1) is 12.3. The van der Waals surface area contributed by atoms with Crippen molar-refractivity contribution in [3.8, 4) is 6.07 Å². The van der Waals surface area contributed by atoms with E-state index < -0.39 is 5.60 Å². The second kappa shape index (κ2) is 7.06. The first kappa shape index (κ1) is 18.4. The number of hydrogen-bond acceptors (Lipinski definition) is 5. The number of amides is 1. The minimum Gasteiger partial charge on any atom is -0.444 e. The Kier molecular flexibility index (Phi) is 4.99. The van der Waals surface area contributed by atoms with Crippen LogP contribution in [0.3, 0.4) is 0 Å². The van der Waals surface area contributed by atoms with Gasteiger partial charge >= 0.3 is 6.09 Å². The van der Waals surface area contributed by atoms with Gasteiger partial charge in [-0.15, -0.1) is 0 Å². The van der Waals surface area contributed by atoms with Gasteiger partial charge in [-0.25, -0.2) is 9.78 Å². The van der Waals surface area contributed by atoms with Crippen molar-refractivity contribution in [1.29, 1.82) is 5.26 Å². The first-order valence-electron chi connectivity index (χ1n) is 9.20. The molecule has 0 aliphatic carbocycles. The van der Waals surface area contributed by atoms with Crippen LogP contribution in [0, 0.1) is 17.2 Å². The number of carbonyl (C=O) groups excluding carboxylic acids is 2. The molecule has 0 saturated carbocycles. The Balaban J connectivity index is 1.76. The molecule has 26 heavy (non-hydrogen) atoms. The molecule has 2 aliphatic heterocycles. The zero-order valence-corrected chi connectivity index (χ0v) is 15.6. The molecule has 1 aromatic rings. The lowest BCUT2D eigenvalue weighted by Crippen LogP contribution is -2.56. The molecule has 6 heteroatoms. The van der Waals surface area contributed by atoms with Gasteiger partial charge in [0.15, 0.2) is 5.78 Å². The number of pyridine rings is 1. The van der Waals surface area contributed by atoms with Crippen molar-refractivity contribution in [2.75, 3.05) is 0 Å². The number of aromatic nitrogens is 1. The topological polar surface area (TPSA) is 83.3 Å². The van der Waals surface area contributed by atoms with Crippen LogP contribution < -0.4 is 0 Å². The molecule has 0 spiro atoms. The normalized spacial score (nSPS) is 25.3. The van der Waals surface area contributed by atoms with E-state index in [1.807, 2.05) is 31.7 Å². The van der Waals surface area contributed by atoms with Crippen LogP contribution >= 0.6 is 0 Å². The van der Waals surface area contributed by atoms with E-state index in [4.69, 9.17) is 10.00 Å². The summed E-state index contributed by atoms with van der Waals surface area (Å²) in [7, 11) is 0. The molecule has 2 saturated heterocycles. The number of ketones is 1. The van der Waals surface area contributed by atoms with Crippen molar-refractivity contribution in [1.82, 2.24) is 9.88 Å². The van der Waals surface area contributed by atoms with Crippen LogP contribution in [-0.2, 0) is 4.74 Å². The summed E-state index contributed by atoms with van der Waals surface area (Å²) in [6, 6.07) is 5.29. The number of carbonyl (C=O) groups is 2. The second-order valence-electron chi connectivity index (χ2n) is 8.20. The van der Waals surface area contributed by atoms with E-state index in [9.17, 15) is 9.59 Å². The molecule has 1 amide bonds. The van der Waals surface area contributed by atoms with Gasteiger partial charge in [0.1, 0.15) is 17.4 Å². The fourth-order valence-corrected chi connectivity index (χ4v) is 4.09. The van der Waals surface area contributed by atoms with E-state index >= 15 is 0 Å². The fourth-order valence-electron chi connectivity index (χ4n) is 4.09. The van der Waals surface area contributed by atoms with Crippen LogP contribution in [0.25, 0.3) is 0 Å². The average molecular weight is 355 g/mol. The number of piperidine rings is 2. The van der Waals surface area contributed by atoms with Crippen LogP contribution in [0.15, 0.2) is 18.3 Å². The molecule has 2 unspecified atom stereocenters. The van der Waals surface area contributed by atoms with E-state index in [0.717, 1.165) is 19.3 Å². The van der Waals surface area contributed by atoms with Gasteiger partial charge in [-0.2, -0.15) is 5.26 Å². The number of nitrogens with zero attached hydrogens (tertiary/aromatic N) is 3. The summed E-state index contributed by atoms with van der Waals surface area (Å²) < 4.78 is 5.58. The molecule has 3 rings (SSSR count). The van der Waals surface area contributed by atoms with Gasteiger partial charge < -0.3 is 9.64 Å². The minimum absolute atomic E-state index is 0.0450. The van der Waals surface area contributed by atoms with Crippen LogP contribution in [0.4, 0.5) is 4.79 Å². The summed E-state index contributed by atoms with van der Waals surface area (Å²) in [5.74, 6) is -0.0810. The SMILES string of the molecule is CC(C)(C)OC(=O)N1C2CCCC1CC(C(=O)c1ccnc(C#N)c1)C2. The van der Waals surface area contributed by atoms with Crippen molar-refractivity contribution < 1.29 is 14.3 Å². The van der Waals surface area contributed by atoms with Crippen molar-refractivity contribution >= 4 is 11.9 Å². The lowest BCUT2D eigenvalue weighted by molar-refractivity contribution is -0.0260. The van der Waals surface area contributed by atoms with E-state index in [1.54, 1.807) is 12.1 Å². The van der Waals surface area contributed by atoms with Gasteiger partial charge in [-0.05, 0) is 65.0 Å². The number of rotatable bonds is 2. The van der Waals surface area contributed by atoms with Crippen molar-refractivity contribution in [2.24, 2.45) is 5.92 Å². The van der Waals surface area contributed by atoms with E-state index in [-0.39, 0.29) is 35.6 Å². The number of Topliss-reactive ketones (excluding diaryl/α,β-unsaturated/α-hetero) is 1. The maximum Gasteiger partial charge on any atom is 0.410 e. The number of ether oxygens (including phenoxy) is 1. The fraction of sp³-hybridized carbons (Fsp3) is 0.600. The Hall–Kier alpha value is -2.42. The summed E-state index contributed by atoms with van der Waals surface area (Å²) in [5, 5.41) is 8.99. The quantitative estimate of drug-likeness (QED) is 0.755. The second-order valence-corrected chi connectivity index (χ2v) is 8.20. The Labute approximate surface area is 154 Å². The minimum atomic E-state index is -0.525. The number of hydrogen-bond donors (Lipinski definition) is 0. The lowest BCUT2D eigenvalue weighted by Gasteiger charge is -2.48. The van der Waals surface area contributed by atoms with Crippen molar-refractivity contribution in [3.05, 3.63) is 29.6 Å². The highest BCUT2D eigenvalue weighted by Gasteiger charge is 2.44. The molecule has 0 radical (unpaired) electrons. The van der Waals surface area contributed by atoms with Gasteiger partial charge in [0, 0.05) is 29.8 Å². The standard InChI is InChI=1S/C20H25N3O3/c1-20(2,3)26-19(25)23-16-5-4-6-17(23)11-14(10-16)18(24)13-7-8-22-15(9-13)12-21/h7-9,14,16-17H,4-6,10-11H2,1-3H3. The molecule has 138 valence electrons. The Bertz CT molecular complexity index is 733. The third kappa shape index (κ3) is 3.87. The maximum absolute atomic E-state index is 12.9. The Morgan fingerprint density at radius 2 is 1.92 bits per heavy atom. The largest absolute Gasteiger partial charge is 0.444 e. The molecule has 0 aromatic carbocycles. The highest BCUT2D eigenvalue weighted by Crippen LogP contribution is 2.39. The lowest BCUT2D eigenvalue weighted by atomic mass is 9.76. The summed E-state index contributed by atoms with van der Waals surface area (Å²) >= 11 is 0. The molecule has 0 N–H and O–H groups in total. The zero-order valence-electron chi connectivity index (χ0n) is 15.6. The van der Waals surface area contributed by atoms with Crippen molar-refractivity contribution in [2.45, 2.75) is 70.6 Å². The molecule has 2 aliphatic rings. The van der Waals surface area contributed by atoms with Gasteiger partial charge in [0.05, 0.1) is 0 Å². The Morgan fingerprint density at radius 3 is 2.50 bits per heavy atom. The Morgan fingerprint density at radius 1 is 1.27 bits per heavy atom. The first-order valence-corrected chi connectivity index (χ1v) is 9.20. The molecule has 6 nitrogen and oxygen atoms in total. The summed E-state index contributed by atoms with van der Waals surface area (Å²) in [6.07, 6.45) is 5.41. The van der Waals surface area contributed by atoms with Gasteiger partial charge in [0.25, 0.3) is 0 Å². The smallest absolute Gasteiger partial charge is 0.410 e. The van der Waals surface area contributed by atoms with Crippen LogP contribution in [0.2, 0.25) is 0 Å². The highest BCUT2D eigenvalue weighted by molar-refractivity contribution is 5.98. The molecular weight excluding hydrogens is 330 g/mol. The molecule has 2 bridgehead atoms. The summed E-state index contributed by atoms with van der Waals surface area (Å²) in [5.41, 5.74) is 0.260. The highest BCUT2D eigenvalue weighted by atomic mass is 16.6. The zero-order chi connectivity index (χ0) is 18.9. The molecular formula is C20H25N3O3. The number of fused-ring (bicyclic) bond motifs is 2. The van der Waals surface area contributed by atoms with E-state index in [2.05, 4.69) is 4.98 Å². The van der Waals surface area contributed by atoms with Crippen LogP contribution in [0.1, 0.15) is 68.9 Å². The predicted molar refractivity (Wildman–Crippen MR) is 95.5 cm³/mol. The van der Waals surface area contributed by atoms with Crippen molar-refractivity contribution in [3.63, 3.8) is 0 Å². The van der Waals surface area contributed by atoms with Crippen LogP contribution in [-0.4, -0.2) is 39.4 Å².